The predicted octanol–water partition coefficient (Wildman–Crippen LogP) is 0.616. The highest BCUT2D eigenvalue weighted by Gasteiger charge is 2.12. The van der Waals surface area contributed by atoms with E-state index in [4.69, 9.17) is 9.15 Å². The van der Waals surface area contributed by atoms with E-state index in [0.29, 0.717) is 11.1 Å². The van der Waals surface area contributed by atoms with Crippen LogP contribution in [0.1, 0.15) is 6.42 Å². The Hall–Kier alpha value is -2.57. The van der Waals surface area contributed by atoms with Crippen molar-refractivity contribution in [2.24, 2.45) is 0 Å². The molecule has 7 heteroatoms. The van der Waals surface area contributed by atoms with Crippen LogP contribution < -0.4 is 5.76 Å². The van der Waals surface area contributed by atoms with Gasteiger partial charge in [-0.25, -0.2) is 4.79 Å². The van der Waals surface area contributed by atoms with Crippen molar-refractivity contribution in [3.8, 4) is 0 Å². The molecule has 0 atom stereocenters. The van der Waals surface area contributed by atoms with Gasteiger partial charge in [0.2, 0.25) is 0 Å². The van der Waals surface area contributed by atoms with Crippen LogP contribution in [0.3, 0.4) is 0 Å². The molecule has 2 aromatic rings. The van der Waals surface area contributed by atoms with Gasteiger partial charge in [0.05, 0.1) is 11.9 Å². The van der Waals surface area contributed by atoms with Crippen molar-refractivity contribution in [3.63, 3.8) is 0 Å². The average Bonchev–Trinajstić information content (AvgIpc) is 2.77. The molecule has 1 aromatic carbocycles. The van der Waals surface area contributed by atoms with Crippen LogP contribution >= 0.6 is 0 Å². The van der Waals surface area contributed by atoms with Crippen molar-refractivity contribution in [2.45, 2.75) is 13.0 Å². The fourth-order valence-corrected chi connectivity index (χ4v) is 1.77. The number of esters is 1. The van der Waals surface area contributed by atoms with Crippen LogP contribution in [-0.2, 0) is 20.9 Å². The fraction of sp³-hybridized carbons (Fsp3) is 0.357. The lowest BCUT2D eigenvalue weighted by Crippen LogP contribution is -2.28. The average molecular weight is 292 g/mol. The van der Waals surface area contributed by atoms with Crippen molar-refractivity contribution >= 4 is 23.0 Å². The molecule has 0 radical (unpaired) electrons. The topological polar surface area (TPSA) is 81.8 Å². The van der Waals surface area contributed by atoms with Crippen LogP contribution in [0.15, 0.2) is 33.5 Å². The monoisotopic (exact) mass is 292 g/mol. The Bertz CT molecular complexity index is 713. The molecule has 0 spiro atoms. The SMILES string of the molecule is CN(C)C(=O)COC(=O)CCn1c(=O)oc2ccccc21. The molecule has 7 nitrogen and oxygen atoms in total. The molecule has 0 fully saturated rings. The van der Waals surface area contributed by atoms with E-state index in [1.165, 1.54) is 9.47 Å². The number of aromatic nitrogens is 1. The molecule has 1 amide bonds. The van der Waals surface area contributed by atoms with E-state index in [9.17, 15) is 14.4 Å². The minimum absolute atomic E-state index is 0.00978. The molecule has 0 aliphatic heterocycles. The highest BCUT2D eigenvalue weighted by molar-refractivity contribution is 5.80. The lowest BCUT2D eigenvalue weighted by molar-refractivity contribution is -0.151. The third-order valence-corrected chi connectivity index (χ3v) is 2.97. The van der Waals surface area contributed by atoms with Crippen molar-refractivity contribution in [3.05, 3.63) is 34.8 Å². The number of para-hydroxylation sites is 2. The Morgan fingerprint density at radius 1 is 1.29 bits per heavy atom. The third kappa shape index (κ3) is 3.50. The van der Waals surface area contributed by atoms with E-state index in [1.807, 2.05) is 0 Å². The number of rotatable bonds is 5. The first-order valence-corrected chi connectivity index (χ1v) is 6.43. The zero-order chi connectivity index (χ0) is 15.4. The maximum absolute atomic E-state index is 11.7. The number of carbonyl (C=O) groups is 2. The molecule has 2 rings (SSSR count). The van der Waals surface area contributed by atoms with Crippen LogP contribution in [0.4, 0.5) is 0 Å². The number of carbonyl (C=O) groups excluding carboxylic acids is 2. The van der Waals surface area contributed by atoms with Gasteiger partial charge in [-0.15, -0.1) is 0 Å². The minimum atomic E-state index is -0.539. The van der Waals surface area contributed by atoms with Gasteiger partial charge in [-0.3, -0.25) is 14.2 Å². The molecule has 1 heterocycles. The van der Waals surface area contributed by atoms with Gasteiger partial charge in [-0.2, -0.15) is 0 Å². The van der Waals surface area contributed by atoms with Crippen molar-refractivity contribution < 1.29 is 18.7 Å². The Balaban J connectivity index is 1.96. The summed E-state index contributed by atoms with van der Waals surface area (Å²) in [5.74, 6) is -1.36. The molecular formula is C14H16N2O5. The summed E-state index contributed by atoms with van der Waals surface area (Å²) in [6.45, 7) is -0.155. The van der Waals surface area contributed by atoms with E-state index in [2.05, 4.69) is 0 Å². The number of ether oxygens (including phenoxy) is 1. The predicted molar refractivity (Wildman–Crippen MR) is 74.7 cm³/mol. The number of amides is 1. The molecule has 21 heavy (non-hydrogen) atoms. The number of hydrogen-bond acceptors (Lipinski definition) is 5. The van der Waals surface area contributed by atoms with Gasteiger partial charge >= 0.3 is 11.7 Å². The summed E-state index contributed by atoms with van der Waals surface area (Å²) in [6.07, 6.45) is -0.00978. The molecular weight excluding hydrogens is 276 g/mol. The third-order valence-electron chi connectivity index (χ3n) is 2.97. The van der Waals surface area contributed by atoms with Crippen LogP contribution in [0, 0.1) is 0 Å². The zero-order valence-electron chi connectivity index (χ0n) is 11.9. The lowest BCUT2D eigenvalue weighted by atomic mass is 10.3. The fourth-order valence-electron chi connectivity index (χ4n) is 1.77. The second-order valence-corrected chi connectivity index (χ2v) is 4.69. The van der Waals surface area contributed by atoms with E-state index in [-0.39, 0.29) is 25.5 Å². The number of aryl methyl sites for hydroxylation is 1. The standard InChI is InChI=1S/C14H16N2O5/c1-15(2)12(17)9-20-13(18)7-8-16-10-5-3-4-6-11(10)21-14(16)19/h3-6H,7-9H2,1-2H3. The summed E-state index contributed by atoms with van der Waals surface area (Å²) in [4.78, 5) is 35.9. The molecule has 0 saturated heterocycles. The molecule has 0 saturated carbocycles. The molecule has 0 aliphatic carbocycles. The summed E-state index contributed by atoms with van der Waals surface area (Å²) in [5, 5.41) is 0. The second-order valence-electron chi connectivity index (χ2n) is 4.69. The van der Waals surface area contributed by atoms with Crippen LogP contribution in [0.2, 0.25) is 0 Å². The summed E-state index contributed by atoms with van der Waals surface area (Å²) < 4.78 is 11.3. The number of oxazole rings is 1. The molecule has 0 N–H and O–H groups in total. The van der Waals surface area contributed by atoms with Crippen molar-refractivity contribution in [1.29, 1.82) is 0 Å². The number of likely N-dealkylation sites (N-methyl/N-ethyl adjacent to an activating group) is 1. The van der Waals surface area contributed by atoms with Gasteiger partial charge in [0, 0.05) is 20.6 Å². The normalized spacial score (nSPS) is 10.6. The molecule has 0 aliphatic rings. The van der Waals surface area contributed by atoms with E-state index < -0.39 is 11.7 Å². The number of fused-ring (bicyclic) bond motifs is 1. The maximum Gasteiger partial charge on any atom is 0.419 e. The van der Waals surface area contributed by atoms with Gasteiger partial charge < -0.3 is 14.1 Å². The van der Waals surface area contributed by atoms with E-state index >= 15 is 0 Å². The Kier molecular flexibility index (Phi) is 4.42. The highest BCUT2D eigenvalue weighted by atomic mass is 16.5. The van der Waals surface area contributed by atoms with Gasteiger partial charge in [0.25, 0.3) is 5.91 Å². The van der Waals surface area contributed by atoms with Gasteiger partial charge in [0.15, 0.2) is 12.2 Å². The Labute approximate surface area is 120 Å². The van der Waals surface area contributed by atoms with E-state index in [0.717, 1.165) is 0 Å². The quantitative estimate of drug-likeness (QED) is 0.754. The van der Waals surface area contributed by atoms with Gasteiger partial charge in [-0.1, -0.05) is 12.1 Å². The Morgan fingerprint density at radius 2 is 2.00 bits per heavy atom. The zero-order valence-corrected chi connectivity index (χ0v) is 11.9. The van der Waals surface area contributed by atoms with E-state index in [1.54, 1.807) is 38.4 Å². The van der Waals surface area contributed by atoms with Gasteiger partial charge in [-0.05, 0) is 12.1 Å². The van der Waals surface area contributed by atoms with Crippen molar-refractivity contribution in [2.75, 3.05) is 20.7 Å². The summed E-state index contributed by atoms with van der Waals surface area (Å²) in [5.41, 5.74) is 1.10. The first-order chi connectivity index (χ1) is 9.99. The highest BCUT2D eigenvalue weighted by Crippen LogP contribution is 2.12. The van der Waals surface area contributed by atoms with Gasteiger partial charge in [0.1, 0.15) is 0 Å². The summed E-state index contributed by atoms with van der Waals surface area (Å²) in [7, 11) is 3.15. The second kappa shape index (κ2) is 6.25. The first kappa shape index (κ1) is 14.8. The molecule has 0 unspecified atom stereocenters. The smallest absolute Gasteiger partial charge is 0.419 e. The summed E-state index contributed by atoms with van der Waals surface area (Å²) >= 11 is 0. The number of nitrogens with zero attached hydrogens (tertiary/aromatic N) is 2. The lowest BCUT2D eigenvalue weighted by Gasteiger charge is -2.10. The van der Waals surface area contributed by atoms with Crippen LogP contribution in [-0.4, -0.2) is 42.0 Å². The van der Waals surface area contributed by atoms with Crippen LogP contribution in [0.5, 0.6) is 0 Å². The largest absolute Gasteiger partial charge is 0.456 e. The minimum Gasteiger partial charge on any atom is -0.456 e. The molecule has 112 valence electrons. The Morgan fingerprint density at radius 3 is 2.71 bits per heavy atom. The number of benzene rings is 1. The number of hydrogen-bond donors (Lipinski definition) is 0. The first-order valence-electron chi connectivity index (χ1n) is 6.43. The molecule has 1 aromatic heterocycles. The molecule has 0 bridgehead atoms. The van der Waals surface area contributed by atoms with Crippen LogP contribution in [0.25, 0.3) is 11.1 Å². The summed E-state index contributed by atoms with van der Waals surface area (Å²) in [6, 6.07) is 6.96. The van der Waals surface area contributed by atoms with Crippen molar-refractivity contribution in [1.82, 2.24) is 9.47 Å². The maximum atomic E-state index is 11.7.